The first kappa shape index (κ1) is 22.4. The van der Waals surface area contributed by atoms with Crippen LogP contribution in [-0.2, 0) is 33.4 Å². The van der Waals surface area contributed by atoms with Gasteiger partial charge in [-0.3, -0.25) is 19.3 Å². The zero-order valence-electron chi connectivity index (χ0n) is 16.8. The fraction of sp³-hybridized carbons (Fsp3) is 0.421. The second-order valence-corrected chi connectivity index (χ2v) is 7.82. The molecule has 3 heterocycles. The second kappa shape index (κ2) is 9.25. The molecule has 31 heavy (non-hydrogen) atoms. The quantitative estimate of drug-likeness (QED) is 0.314. The number of fused-ring (bicyclic) bond motifs is 1. The van der Waals surface area contributed by atoms with Crippen LogP contribution in [-0.4, -0.2) is 74.7 Å². The molecule has 3 unspecified atom stereocenters. The molecule has 1 aromatic heterocycles. The van der Waals surface area contributed by atoms with Crippen molar-refractivity contribution >= 4 is 41.5 Å². The first-order valence-electron chi connectivity index (χ1n) is 9.39. The fourth-order valence-electron chi connectivity index (χ4n) is 3.32. The molecular weight excluding hydrogens is 430 g/mol. The van der Waals surface area contributed by atoms with E-state index < -0.39 is 47.2 Å². The van der Waals surface area contributed by atoms with Crippen LogP contribution in [0.2, 0.25) is 0 Å². The lowest BCUT2D eigenvalue weighted by Crippen LogP contribution is -2.71. The Morgan fingerprint density at radius 3 is 2.52 bits per heavy atom. The largest absolute Gasteiger partial charge is 0.477 e. The summed E-state index contributed by atoms with van der Waals surface area (Å²) >= 11 is 1.23. The molecule has 2 aliphatic rings. The lowest BCUT2D eigenvalue weighted by Gasteiger charge is -2.49. The zero-order chi connectivity index (χ0) is 22.7. The molecule has 0 aliphatic carbocycles. The van der Waals surface area contributed by atoms with Crippen molar-refractivity contribution in [1.29, 1.82) is 0 Å². The van der Waals surface area contributed by atoms with Gasteiger partial charge in [-0.05, 0) is 19.1 Å². The number of β-lactam (4-membered cyclic amide) rings is 1. The highest BCUT2D eigenvalue weighted by molar-refractivity contribution is 8.00. The average Bonchev–Trinajstić information content (AvgIpc) is 3.23. The highest BCUT2D eigenvalue weighted by Crippen LogP contribution is 2.40. The summed E-state index contributed by atoms with van der Waals surface area (Å²) < 4.78 is 11.2. The van der Waals surface area contributed by atoms with Crippen molar-refractivity contribution in [2.45, 2.75) is 31.3 Å². The van der Waals surface area contributed by atoms with Gasteiger partial charge in [-0.15, -0.1) is 11.8 Å². The highest BCUT2D eigenvalue weighted by Gasteiger charge is 2.54. The molecule has 2 aliphatic heterocycles. The van der Waals surface area contributed by atoms with Gasteiger partial charge in [0.05, 0.1) is 6.61 Å². The molecule has 166 valence electrons. The van der Waals surface area contributed by atoms with Crippen molar-refractivity contribution in [2.75, 3.05) is 19.0 Å². The number of amides is 2. The molecule has 3 rings (SSSR count). The number of nitrogens with one attached hydrogen (secondary N) is 1. The molecule has 0 radical (unpaired) electrons. The second-order valence-electron chi connectivity index (χ2n) is 6.72. The number of thioether (sulfide) groups is 1. The van der Waals surface area contributed by atoms with Gasteiger partial charge in [0.2, 0.25) is 6.04 Å². The maximum atomic E-state index is 12.8. The minimum atomic E-state index is -1.33. The van der Waals surface area contributed by atoms with Gasteiger partial charge < -0.3 is 24.5 Å². The molecule has 1 fully saturated rings. The zero-order valence-corrected chi connectivity index (χ0v) is 17.6. The Labute approximate surface area is 181 Å². The number of esters is 2. The van der Waals surface area contributed by atoms with Crippen molar-refractivity contribution in [3.63, 3.8) is 0 Å². The summed E-state index contributed by atoms with van der Waals surface area (Å²) in [6.45, 7) is 2.65. The van der Waals surface area contributed by atoms with E-state index in [0.717, 1.165) is 4.90 Å². The predicted octanol–water partition coefficient (Wildman–Crippen LogP) is -0.106. The highest BCUT2D eigenvalue weighted by atomic mass is 32.2. The number of carbonyl (C=O) groups is 5. The maximum absolute atomic E-state index is 12.8. The van der Waals surface area contributed by atoms with Gasteiger partial charge in [0.25, 0.3) is 11.8 Å². The monoisotopic (exact) mass is 451 g/mol. The third kappa shape index (κ3) is 4.43. The Kier molecular flexibility index (Phi) is 6.68. The summed E-state index contributed by atoms with van der Waals surface area (Å²) in [7, 11) is 0. The third-order valence-corrected chi connectivity index (χ3v) is 6.02. The molecule has 3 atom stereocenters. The van der Waals surface area contributed by atoms with E-state index >= 15 is 0 Å². The van der Waals surface area contributed by atoms with E-state index in [1.165, 1.54) is 35.6 Å². The molecule has 2 N–H and O–H groups in total. The molecule has 0 saturated carbocycles. The molecule has 1 saturated heterocycles. The Bertz CT molecular complexity index is 942. The lowest BCUT2D eigenvalue weighted by atomic mass is 10.0. The fourth-order valence-corrected chi connectivity index (χ4v) is 4.65. The number of carboxylic acid groups (broad SMARTS) is 1. The molecule has 2 amide bonds. The smallest absolute Gasteiger partial charge is 0.352 e. The first-order chi connectivity index (χ1) is 14.8. The van der Waals surface area contributed by atoms with Crippen LogP contribution in [0.1, 0.15) is 19.9 Å². The van der Waals surface area contributed by atoms with Crippen LogP contribution in [0.15, 0.2) is 35.8 Å². The lowest BCUT2D eigenvalue weighted by molar-refractivity contribution is -0.155. The Morgan fingerprint density at radius 2 is 1.94 bits per heavy atom. The molecule has 1 aromatic rings. The van der Waals surface area contributed by atoms with Crippen LogP contribution in [0.4, 0.5) is 0 Å². The number of nitrogens with zero attached hydrogens (tertiary/aromatic N) is 2. The number of ether oxygens (including phenoxy) is 2. The van der Waals surface area contributed by atoms with Crippen LogP contribution >= 0.6 is 11.8 Å². The van der Waals surface area contributed by atoms with Gasteiger partial charge in [0, 0.05) is 30.6 Å². The Balaban J connectivity index is 1.77. The Morgan fingerprint density at radius 1 is 1.26 bits per heavy atom. The van der Waals surface area contributed by atoms with E-state index in [9.17, 15) is 29.1 Å². The normalized spacial score (nSPS) is 21.0. The van der Waals surface area contributed by atoms with Crippen molar-refractivity contribution < 1.29 is 38.6 Å². The Hall–Kier alpha value is -3.28. The van der Waals surface area contributed by atoms with Crippen LogP contribution in [0.5, 0.6) is 0 Å². The summed E-state index contributed by atoms with van der Waals surface area (Å²) in [6, 6.07) is 0.955. The van der Waals surface area contributed by atoms with Crippen molar-refractivity contribution in [1.82, 2.24) is 14.8 Å². The molecule has 0 aromatic carbocycles. The van der Waals surface area contributed by atoms with Crippen LogP contribution in [0.3, 0.4) is 0 Å². The van der Waals surface area contributed by atoms with E-state index in [0.29, 0.717) is 5.57 Å². The summed E-state index contributed by atoms with van der Waals surface area (Å²) in [5.74, 6) is -3.83. The summed E-state index contributed by atoms with van der Waals surface area (Å²) in [4.78, 5) is 61.7. The van der Waals surface area contributed by atoms with E-state index in [4.69, 9.17) is 9.47 Å². The van der Waals surface area contributed by atoms with Crippen LogP contribution in [0, 0.1) is 0 Å². The van der Waals surface area contributed by atoms with E-state index in [1.807, 2.05) is 0 Å². The number of aromatic nitrogens is 1. The van der Waals surface area contributed by atoms with Gasteiger partial charge >= 0.3 is 17.9 Å². The van der Waals surface area contributed by atoms with Crippen LogP contribution in [0.25, 0.3) is 0 Å². The van der Waals surface area contributed by atoms with Gasteiger partial charge in [0.15, 0.2) is 0 Å². The topological polar surface area (TPSA) is 144 Å². The van der Waals surface area contributed by atoms with Crippen molar-refractivity contribution in [3.8, 4) is 0 Å². The first-order valence-corrected chi connectivity index (χ1v) is 10.4. The molecule has 12 heteroatoms. The number of carbonyl (C=O) groups excluding carboxylic acids is 4. The molecule has 11 nitrogen and oxygen atoms in total. The van der Waals surface area contributed by atoms with Gasteiger partial charge in [0.1, 0.15) is 23.7 Å². The SMILES string of the molecule is CCOC(=O)C(C(=O)NC1C(=O)N2C(C(=O)O)=C(COC(C)=O)CSC12)n1cccc1. The molecule has 0 bridgehead atoms. The number of aliphatic carboxylic acids is 1. The average molecular weight is 451 g/mol. The van der Waals surface area contributed by atoms with E-state index in [1.54, 1.807) is 19.1 Å². The number of hydrogen-bond donors (Lipinski definition) is 2. The third-order valence-electron chi connectivity index (χ3n) is 4.68. The van der Waals surface area contributed by atoms with E-state index in [-0.39, 0.29) is 24.7 Å². The minimum Gasteiger partial charge on any atom is -0.477 e. The van der Waals surface area contributed by atoms with Crippen LogP contribution < -0.4 is 5.32 Å². The van der Waals surface area contributed by atoms with Gasteiger partial charge in [-0.1, -0.05) is 0 Å². The van der Waals surface area contributed by atoms with Crippen molar-refractivity contribution in [3.05, 3.63) is 35.8 Å². The number of hydrogen-bond acceptors (Lipinski definition) is 8. The molecule has 0 spiro atoms. The summed E-state index contributed by atoms with van der Waals surface area (Å²) in [5, 5.41) is 11.5. The van der Waals surface area contributed by atoms with Gasteiger partial charge in [-0.2, -0.15) is 0 Å². The predicted molar refractivity (Wildman–Crippen MR) is 106 cm³/mol. The molecular formula is C19H21N3O8S. The van der Waals surface area contributed by atoms with Gasteiger partial charge in [-0.25, -0.2) is 9.59 Å². The summed E-state index contributed by atoms with van der Waals surface area (Å²) in [5.41, 5.74) is 0.0340. The summed E-state index contributed by atoms with van der Waals surface area (Å²) in [6.07, 6.45) is 3.05. The number of rotatable bonds is 8. The van der Waals surface area contributed by atoms with Crippen molar-refractivity contribution in [2.24, 2.45) is 0 Å². The number of carboxylic acids is 1. The standard InChI is InChI=1S/C19H21N3O8S/c1-3-29-19(28)14(21-6-4-5-7-21)15(24)20-12-16(25)22-13(18(26)27)11(8-30-10(2)23)9-31-17(12)22/h4-7,12,14,17H,3,8-9H2,1-2H3,(H,20,24)(H,26,27). The van der Waals surface area contributed by atoms with E-state index in [2.05, 4.69) is 5.32 Å². The minimum absolute atomic E-state index is 0.0797. The maximum Gasteiger partial charge on any atom is 0.352 e.